The second-order valence-corrected chi connectivity index (χ2v) is 9.62. The molecule has 1 unspecified atom stereocenters. The van der Waals surface area contributed by atoms with Crippen molar-refractivity contribution in [2.75, 3.05) is 11.5 Å². The first-order valence-corrected chi connectivity index (χ1v) is 11.9. The minimum atomic E-state index is -1.56. The van der Waals surface area contributed by atoms with E-state index in [4.69, 9.17) is 32.4 Å². The Labute approximate surface area is 204 Å². The summed E-state index contributed by atoms with van der Waals surface area (Å²) in [4.78, 5) is 38.1. The van der Waals surface area contributed by atoms with Crippen LogP contribution >= 0.6 is 46.7 Å². The van der Waals surface area contributed by atoms with E-state index in [0.717, 1.165) is 0 Å². The van der Waals surface area contributed by atoms with Crippen LogP contribution in [0.15, 0.2) is 43.9 Å². The average Bonchev–Trinajstić information content (AvgIpc) is 3.42. The predicted octanol–water partition coefficient (Wildman–Crippen LogP) is 2.05. The van der Waals surface area contributed by atoms with Crippen LogP contribution in [0.2, 0.25) is 0 Å². The Kier molecular flexibility index (Phi) is 6.88. The summed E-state index contributed by atoms with van der Waals surface area (Å²) in [5, 5.41) is 22.9. The van der Waals surface area contributed by atoms with Crippen molar-refractivity contribution in [1.29, 1.82) is 0 Å². The monoisotopic (exact) mass is 532 g/mol. The van der Waals surface area contributed by atoms with Crippen LogP contribution in [0.4, 0.5) is 4.79 Å². The number of tetrazole rings is 1. The van der Waals surface area contributed by atoms with Crippen LogP contribution in [0, 0.1) is 0 Å². The molecule has 0 bridgehead atoms. The van der Waals surface area contributed by atoms with Gasteiger partial charge in [-0.3, -0.25) is 14.5 Å². The molecule has 2 aromatic heterocycles. The Hall–Kier alpha value is -2.68. The molecular formula is C17H14Cl2N6O6S2. The van der Waals surface area contributed by atoms with Gasteiger partial charge < -0.3 is 19.6 Å². The lowest BCUT2D eigenvalue weighted by Gasteiger charge is -2.49. The maximum atomic E-state index is 12.9. The lowest BCUT2D eigenvalue weighted by molar-refractivity contribution is -0.148. The third kappa shape index (κ3) is 4.69. The smallest absolute Gasteiger partial charge is 0.464 e. The molecule has 2 aromatic rings. The van der Waals surface area contributed by atoms with Gasteiger partial charge in [-0.25, -0.2) is 9.48 Å². The molecule has 2 aliphatic rings. The van der Waals surface area contributed by atoms with E-state index in [-0.39, 0.29) is 21.7 Å². The lowest BCUT2D eigenvalue weighted by Crippen LogP contribution is -2.70. The molecule has 0 spiro atoms. The first-order chi connectivity index (χ1) is 15.8. The zero-order valence-electron chi connectivity index (χ0n) is 16.6. The quantitative estimate of drug-likeness (QED) is 0.233. The van der Waals surface area contributed by atoms with Gasteiger partial charge >= 0.3 is 6.16 Å². The molecular weight excluding hydrogens is 519 g/mol. The Morgan fingerprint density at radius 1 is 1.45 bits per heavy atom. The number of nitrogens with one attached hydrogen (secondary N) is 1. The van der Waals surface area contributed by atoms with Gasteiger partial charge in [-0.15, -0.1) is 16.9 Å². The number of rotatable bonds is 7. The number of carbonyl (C=O) groups excluding carboxylic acids is 2. The fourth-order valence-electron chi connectivity index (χ4n) is 3.13. The van der Waals surface area contributed by atoms with E-state index < -0.39 is 29.4 Å². The van der Waals surface area contributed by atoms with Crippen LogP contribution in [0.1, 0.15) is 5.76 Å². The number of aryl methyl sites for hydroxylation is 1. The molecule has 0 saturated carbocycles. The van der Waals surface area contributed by atoms with E-state index >= 15 is 0 Å². The molecule has 2 aliphatic heterocycles. The second-order valence-electron chi connectivity index (χ2n) is 6.62. The molecule has 16 heteroatoms. The van der Waals surface area contributed by atoms with Crippen molar-refractivity contribution in [2.24, 2.45) is 7.05 Å². The van der Waals surface area contributed by atoms with Gasteiger partial charge in [-0.05, 0) is 22.6 Å². The number of hydrogen-bond donors (Lipinski definition) is 2. The highest BCUT2D eigenvalue weighted by molar-refractivity contribution is 8.01. The van der Waals surface area contributed by atoms with E-state index in [0.29, 0.717) is 22.2 Å². The summed E-state index contributed by atoms with van der Waals surface area (Å²) < 4.78 is 11.3. The Bertz CT molecular complexity index is 1160. The molecule has 1 fully saturated rings. The SMILES string of the molecule is Cn1nnnc1SCC1=C(OC(=O)O)N2C(=O)C(NC(=O)C(=C(Cl)Cl)c3ccco3)[C@@H]2SC1. The summed E-state index contributed by atoms with van der Waals surface area (Å²) in [6, 6.07) is 2.12. The maximum absolute atomic E-state index is 12.9. The largest absolute Gasteiger partial charge is 0.512 e. The highest BCUT2D eigenvalue weighted by atomic mass is 35.5. The van der Waals surface area contributed by atoms with Crippen molar-refractivity contribution in [1.82, 2.24) is 30.4 Å². The first-order valence-electron chi connectivity index (χ1n) is 9.10. The molecule has 2 N–H and O–H groups in total. The number of β-lactam (4-membered cyclic amide) rings is 1. The maximum Gasteiger partial charge on any atom is 0.512 e. The summed E-state index contributed by atoms with van der Waals surface area (Å²) in [6.07, 6.45) is -0.209. The lowest BCUT2D eigenvalue weighted by atomic mass is 10.1. The fraction of sp³-hybridized carbons (Fsp3) is 0.294. The molecule has 2 atom stereocenters. The topological polar surface area (TPSA) is 153 Å². The molecule has 1 saturated heterocycles. The van der Waals surface area contributed by atoms with Crippen LogP contribution < -0.4 is 5.32 Å². The number of furan rings is 1. The van der Waals surface area contributed by atoms with E-state index in [2.05, 4.69) is 20.8 Å². The van der Waals surface area contributed by atoms with Crippen molar-refractivity contribution in [2.45, 2.75) is 16.6 Å². The number of aromatic nitrogens is 4. The molecule has 2 amide bonds. The number of carboxylic acid groups (broad SMARTS) is 1. The number of ether oxygens (including phenoxy) is 1. The average molecular weight is 533 g/mol. The van der Waals surface area contributed by atoms with Crippen molar-refractivity contribution in [3.63, 3.8) is 0 Å². The van der Waals surface area contributed by atoms with Gasteiger partial charge in [-0.2, -0.15) is 0 Å². The molecule has 33 heavy (non-hydrogen) atoms. The van der Waals surface area contributed by atoms with Crippen molar-refractivity contribution in [3.05, 3.63) is 40.1 Å². The summed E-state index contributed by atoms with van der Waals surface area (Å²) in [7, 11) is 1.67. The Morgan fingerprint density at radius 3 is 2.85 bits per heavy atom. The molecule has 4 heterocycles. The highest BCUT2D eigenvalue weighted by Gasteiger charge is 2.54. The van der Waals surface area contributed by atoms with Crippen LogP contribution in [0.3, 0.4) is 0 Å². The zero-order valence-corrected chi connectivity index (χ0v) is 19.7. The minimum absolute atomic E-state index is 0.0819. The molecule has 12 nitrogen and oxygen atoms in total. The summed E-state index contributed by atoms with van der Waals surface area (Å²) >= 11 is 14.3. The third-order valence-corrected chi connectivity index (χ3v) is 7.42. The van der Waals surface area contributed by atoms with E-state index in [1.165, 1.54) is 45.4 Å². The van der Waals surface area contributed by atoms with Gasteiger partial charge in [0.25, 0.3) is 11.8 Å². The number of carbonyl (C=O) groups is 3. The van der Waals surface area contributed by atoms with E-state index in [1.807, 2.05) is 0 Å². The number of hydrogen-bond acceptors (Lipinski definition) is 10. The Balaban J connectivity index is 1.51. The number of thioether (sulfide) groups is 2. The number of halogens is 2. The van der Waals surface area contributed by atoms with Gasteiger partial charge in [-0.1, -0.05) is 35.0 Å². The van der Waals surface area contributed by atoms with Gasteiger partial charge in [0.15, 0.2) is 0 Å². The summed E-state index contributed by atoms with van der Waals surface area (Å²) in [6.45, 7) is 0. The molecule has 4 rings (SSSR count). The van der Waals surface area contributed by atoms with E-state index in [9.17, 15) is 19.5 Å². The third-order valence-electron chi connectivity index (χ3n) is 4.60. The summed E-state index contributed by atoms with van der Waals surface area (Å²) in [5.74, 6) is -0.529. The van der Waals surface area contributed by atoms with Gasteiger partial charge in [0, 0.05) is 24.1 Å². The predicted molar refractivity (Wildman–Crippen MR) is 118 cm³/mol. The number of amides is 2. The molecule has 0 aromatic carbocycles. The first kappa shape index (κ1) is 23.5. The fourth-order valence-corrected chi connectivity index (χ4v) is 5.79. The molecule has 174 valence electrons. The highest BCUT2D eigenvalue weighted by Crippen LogP contribution is 2.42. The molecule has 0 aliphatic carbocycles. The van der Waals surface area contributed by atoms with Gasteiger partial charge in [0.05, 0.1) is 6.26 Å². The van der Waals surface area contributed by atoms with Crippen LogP contribution in [-0.2, 0) is 21.4 Å². The van der Waals surface area contributed by atoms with Crippen LogP contribution in [0.25, 0.3) is 5.57 Å². The van der Waals surface area contributed by atoms with Crippen molar-refractivity contribution >= 4 is 70.3 Å². The second kappa shape index (κ2) is 9.67. The number of fused-ring (bicyclic) bond motifs is 1. The zero-order chi connectivity index (χ0) is 23.7. The van der Waals surface area contributed by atoms with E-state index in [1.54, 1.807) is 13.1 Å². The molecule has 0 radical (unpaired) electrons. The Morgan fingerprint density at radius 2 is 2.24 bits per heavy atom. The van der Waals surface area contributed by atoms with Crippen molar-refractivity contribution < 1.29 is 28.6 Å². The standard InChI is InChI=1S/C17H14Cl2N6O6S2/c1-24-16(21-22-23-24)33-6-7-5-32-15-10(13(27)25(15)14(7)31-17(28)29)20-12(26)9(11(18)19)8-3-2-4-30-8/h2-4,10,15H,5-6H2,1H3,(H,20,26)(H,28,29)/t10?,15-/m0/s1. The normalized spacial score (nSPS) is 19.6. The minimum Gasteiger partial charge on any atom is -0.464 e. The summed E-state index contributed by atoms with van der Waals surface area (Å²) in [5.41, 5.74) is 0.451. The number of nitrogens with zero attached hydrogens (tertiary/aromatic N) is 5. The van der Waals surface area contributed by atoms with Crippen LogP contribution in [-0.4, -0.2) is 71.1 Å². The van der Waals surface area contributed by atoms with Crippen LogP contribution in [0.5, 0.6) is 0 Å². The van der Waals surface area contributed by atoms with Gasteiger partial charge in [0.1, 0.15) is 27.2 Å². The van der Waals surface area contributed by atoms with Crippen molar-refractivity contribution in [3.8, 4) is 0 Å². The van der Waals surface area contributed by atoms with Gasteiger partial charge in [0.2, 0.25) is 11.0 Å².